The highest BCUT2D eigenvalue weighted by Crippen LogP contribution is 2.40. The molecule has 2 heterocycles. The predicted octanol–water partition coefficient (Wildman–Crippen LogP) is 1.27. The Bertz CT molecular complexity index is 347. The average Bonchev–Trinajstić information content (AvgIpc) is 3.04. The number of anilines is 1. The summed E-state index contributed by atoms with van der Waals surface area (Å²) >= 11 is 0. The molecule has 4 nitrogen and oxygen atoms in total. The van der Waals surface area contributed by atoms with E-state index in [1.165, 1.54) is 18.5 Å². The van der Waals surface area contributed by atoms with Crippen LogP contribution in [0.15, 0.2) is 6.07 Å². The minimum absolute atomic E-state index is 0.513. The molecule has 1 aromatic rings. The normalized spacial score (nSPS) is 23.2. The molecular weight excluding hydrogens is 188 g/mol. The fourth-order valence-corrected chi connectivity index (χ4v) is 2.35. The van der Waals surface area contributed by atoms with Gasteiger partial charge in [-0.15, -0.1) is 0 Å². The summed E-state index contributed by atoms with van der Waals surface area (Å²) in [5.41, 5.74) is 7.23. The van der Waals surface area contributed by atoms with Gasteiger partial charge in [0.2, 0.25) is 0 Å². The molecule has 0 atom stereocenters. The van der Waals surface area contributed by atoms with Gasteiger partial charge in [-0.05, 0) is 38.8 Å². The first-order valence-electron chi connectivity index (χ1n) is 5.90. The van der Waals surface area contributed by atoms with Crippen LogP contribution in [0.4, 0.5) is 5.82 Å². The molecule has 0 spiro atoms. The number of nitrogens with one attached hydrogen (secondary N) is 1. The maximum Gasteiger partial charge on any atom is 0.122 e. The first-order chi connectivity index (χ1) is 7.34. The molecule has 2 fully saturated rings. The fraction of sp³-hybridized carbons (Fsp3) is 0.727. The molecule has 1 aliphatic heterocycles. The van der Waals surface area contributed by atoms with E-state index in [0.29, 0.717) is 12.0 Å². The van der Waals surface area contributed by atoms with Crippen molar-refractivity contribution in [1.29, 1.82) is 0 Å². The van der Waals surface area contributed by atoms with E-state index in [1.807, 2.05) is 0 Å². The molecule has 4 heteroatoms. The van der Waals surface area contributed by atoms with Crippen molar-refractivity contribution >= 4 is 5.82 Å². The van der Waals surface area contributed by atoms with Crippen molar-refractivity contribution in [2.45, 2.75) is 37.6 Å². The molecule has 15 heavy (non-hydrogen) atoms. The molecule has 3 rings (SSSR count). The Morgan fingerprint density at radius 2 is 2.00 bits per heavy atom. The summed E-state index contributed by atoms with van der Waals surface area (Å²) in [6, 6.07) is 2.58. The van der Waals surface area contributed by atoms with Gasteiger partial charge in [-0.2, -0.15) is 5.10 Å². The third-order valence-corrected chi connectivity index (χ3v) is 3.43. The molecule has 1 saturated heterocycles. The molecule has 0 unspecified atom stereocenters. The lowest BCUT2D eigenvalue weighted by Crippen LogP contribution is -2.30. The van der Waals surface area contributed by atoms with Crippen LogP contribution in [0.5, 0.6) is 0 Å². The zero-order valence-corrected chi connectivity index (χ0v) is 8.95. The highest BCUT2D eigenvalue weighted by Gasteiger charge is 2.28. The van der Waals surface area contributed by atoms with Gasteiger partial charge in [-0.3, -0.25) is 0 Å². The fourth-order valence-electron chi connectivity index (χ4n) is 2.35. The molecule has 1 saturated carbocycles. The number of piperidine rings is 1. The lowest BCUT2D eigenvalue weighted by Gasteiger charge is -2.23. The number of hydrogen-bond donors (Lipinski definition) is 2. The number of nitrogens with zero attached hydrogens (tertiary/aromatic N) is 2. The molecule has 0 amide bonds. The maximum atomic E-state index is 6.02. The molecule has 0 bridgehead atoms. The quantitative estimate of drug-likeness (QED) is 0.766. The van der Waals surface area contributed by atoms with E-state index in [4.69, 9.17) is 5.73 Å². The lowest BCUT2D eigenvalue weighted by molar-refractivity contribution is 0.345. The van der Waals surface area contributed by atoms with E-state index in [-0.39, 0.29) is 0 Å². The van der Waals surface area contributed by atoms with Crippen LogP contribution in [0.2, 0.25) is 0 Å². The van der Waals surface area contributed by atoms with Crippen molar-refractivity contribution in [2.24, 2.45) is 0 Å². The summed E-state index contributed by atoms with van der Waals surface area (Å²) in [5.74, 6) is 1.55. The molecule has 1 aliphatic carbocycles. The van der Waals surface area contributed by atoms with Gasteiger partial charge in [-0.25, -0.2) is 4.68 Å². The molecule has 0 aromatic carbocycles. The first kappa shape index (κ1) is 9.21. The van der Waals surface area contributed by atoms with Crippen LogP contribution in [-0.4, -0.2) is 22.9 Å². The van der Waals surface area contributed by atoms with Crippen molar-refractivity contribution in [2.75, 3.05) is 18.8 Å². The van der Waals surface area contributed by atoms with Crippen molar-refractivity contribution in [1.82, 2.24) is 15.1 Å². The Kier molecular flexibility index (Phi) is 2.16. The standard InChI is InChI=1S/C11H18N4/c12-11-7-10(8-1-2-8)14-15(11)9-3-5-13-6-4-9/h7-9,13H,1-6,12H2. The predicted molar refractivity (Wildman–Crippen MR) is 59.8 cm³/mol. The maximum absolute atomic E-state index is 6.02. The van der Waals surface area contributed by atoms with Crippen LogP contribution >= 0.6 is 0 Å². The van der Waals surface area contributed by atoms with Crippen LogP contribution < -0.4 is 11.1 Å². The van der Waals surface area contributed by atoms with E-state index in [9.17, 15) is 0 Å². The second-order valence-electron chi connectivity index (χ2n) is 4.69. The molecular formula is C11H18N4. The summed E-state index contributed by atoms with van der Waals surface area (Å²) < 4.78 is 2.05. The zero-order chi connectivity index (χ0) is 10.3. The first-order valence-corrected chi connectivity index (χ1v) is 5.90. The van der Waals surface area contributed by atoms with E-state index in [2.05, 4.69) is 21.2 Å². The van der Waals surface area contributed by atoms with Gasteiger partial charge in [0.25, 0.3) is 0 Å². The summed E-state index contributed by atoms with van der Waals surface area (Å²) in [6.45, 7) is 2.17. The van der Waals surface area contributed by atoms with Gasteiger partial charge in [0, 0.05) is 12.0 Å². The van der Waals surface area contributed by atoms with Crippen LogP contribution in [0, 0.1) is 0 Å². The van der Waals surface area contributed by atoms with E-state index < -0.39 is 0 Å². The Morgan fingerprint density at radius 1 is 1.27 bits per heavy atom. The van der Waals surface area contributed by atoms with Gasteiger partial charge in [-0.1, -0.05) is 0 Å². The van der Waals surface area contributed by atoms with Crippen molar-refractivity contribution in [3.63, 3.8) is 0 Å². The largest absolute Gasteiger partial charge is 0.384 e. The molecule has 3 N–H and O–H groups in total. The second kappa shape index (κ2) is 3.52. The van der Waals surface area contributed by atoms with Crippen LogP contribution in [0.25, 0.3) is 0 Å². The summed E-state index contributed by atoms with van der Waals surface area (Å²) in [6.07, 6.45) is 4.89. The zero-order valence-electron chi connectivity index (χ0n) is 8.95. The van der Waals surface area contributed by atoms with Gasteiger partial charge in [0.05, 0.1) is 11.7 Å². The summed E-state index contributed by atoms with van der Waals surface area (Å²) in [7, 11) is 0. The smallest absolute Gasteiger partial charge is 0.122 e. The van der Waals surface area contributed by atoms with Crippen molar-refractivity contribution in [3.8, 4) is 0 Å². The van der Waals surface area contributed by atoms with E-state index in [1.54, 1.807) is 0 Å². The number of rotatable bonds is 2. The SMILES string of the molecule is Nc1cc(C2CC2)nn1C1CCNCC1. The summed E-state index contributed by atoms with van der Waals surface area (Å²) in [5, 5.41) is 8.02. The van der Waals surface area contributed by atoms with Gasteiger partial charge in [0.1, 0.15) is 5.82 Å². The topological polar surface area (TPSA) is 55.9 Å². The van der Waals surface area contributed by atoms with Crippen LogP contribution in [0.1, 0.15) is 43.3 Å². The Balaban J connectivity index is 1.82. The molecule has 1 aromatic heterocycles. The summed E-state index contributed by atoms with van der Waals surface area (Å²) in [4.78, 5) is 0. The molecule has 2 aliphatic rings. The van der Waals surface area contributed by atoms with Crippen LogP contribution in [0.3, 0.4) is 0 Å². The van der Waals surface area contributed by atoms with Gasteiger partial charge >= 0.3 is 0 Å². The average molecular weight is 206 g/mol. The van der Waals surface area contributed by atoms with Gasteiger partial charge in [0.15, 0.2) is 0 Å². The van der Waals surface area contributed by atoms with Crippen LogP contribution in [-0.2, 0) is 0 Å². The van der Waals surface area contributed by atoms with Crippen molar-refractivity contribution in [3.05, 3.63) is 11.8 Å². The lowest BCUT2D eigenvalue weighted by atomic mass is 10.1. The Hall–Kier alpha value is -1.03. The Labute approximate surface area is 89.8 Å². The van der Waals surface area contributed by atoms with Crippen molar-refractivity contribution < 1.29 is 0 Å². The molecule has 82 valence electrons. The number of hydrogen-bond acceptors (Lipinski definition) is 3. The molecule has 0 radical (unpaired) electrons. The van der Waals surface area contributed by atoms with E-state index in [0.717, 1.165) is 31.7 Å². The minimum atomic E-state index is 0.513. The van der Waals surface area contributed by atoms with E-state index >= 15 is 0 Å². The Morgan fingerprint density at radius 3 is 2.67 bits per heavy atom. The highest BCUT2D eigenvalue weighted by molar-refractivity contribution is 5.34. The third kappa shape index (κ3) is 1.74. The number of nitrogen functional groups attached to an aromatic ring is 1. The third-order valence-electron chi connectivity index (χ3n) is 3.43. The second-order valence-corrected chi connectivity index (χ2v) is 4.69. The number of aromatic nitrogens is 2. The monoisotopic (exact) mass is 206 g/mol. The van der Waals surface area contributed by atoms with Gasteiger partial charge < -0.3 is 11.1 Å². The highest BCUT2D eigenvalue weighted by atomic mass is 15.3. The number of nitrogens with two attached hydrogens (primary N) is 1. The minimum Gasteiger partial charge on any atom is -0.384 e.